The third-order valence-corrected chi connectivity index (χ3v) is 5.65. The lowest BCUT2D eigenvalue weighted by Crippen LogP contribution is -2.38. The van der Waals surface area contributed by atoms with Gasteiger partial charge in [0.05, 0.1) is 6.20 Å². The van der Waals surface area contributed by atoms with Crippen LogP contribution in [0.3, 0.4) is 0 Å². The number of rotatable bonds is 7. The van der Waals surface area contributed by atoms with Gasteiger partial charge in [-0.2, -0.15) is 5.10 Å². The second-order valence-corrected chi connectivity index (χ2v) is 7.49. The topological polar surface area (TPSA) is 90.1 Å². The monoisotopic (exact) mass is 313 g/mol. The number of H-pyrrole nitrogens is 1. The van der Waals surface area contributed by atoms with Crippen molar-refractivity contribution in [2.24, 2.45) is 0 Å². The number of aromatic amines is 1. The maximum absolute atomic E-state index is 12.5. The Morgan fingerprint density at radius 2 is 2.24 bits per heavy atom. The molecule has 1 saturated carbocycles. The summed E-state index contributed by atoms with van der Waals surface area (Å²) < 4.78 is 27.8. The summed E-state index contributed by atoms with van der Waals surface area (Å²) in [7, 11) is -3.52. The van der Waals surface area contributed by atoms with Gasteiger partial charge >= 0.3 is 0 Å². The van der Waals surface area contributed by atoms with Crippen LogP contribution in [0.2, 0.25) is 0 Å². The second-order valence-electron chi connectivity index (χ2n) is 5.84. The first kappa shape index (κ1) is 15.0. The molecule has 0 spiro atoms. The van der Waals surface area contributed by atoms with Crippen LogP contribution in [0.25, 0.3) is 0 Å². The van der Waals surface area contributed by atoms with Crippen molar-refractivity contribution in [1.82, 2.24) is 25.1 Å². The molecule has 3 N–H and O–H groups in total. The molecule has 3 rings (SSSR count). The van der Waals surface area contributed by atoms with Gasteiger partial charge in [0, 0.05) is 37.3 Å². The Hall–Kier alpha value is -0.960. The second kappa shape index (κ2) is 6.04. The molecule has 0 amide bonds. The Morgan fingerprint density at radius 1 is 1.43 bits per heavy atom. The molecule has 8 heteroatoms. The Labute approximate surface area is 125 Å². The molecule has 1 aromatic rings. The van der Waals surface area contributed by atoms with E-state index in [1.54, 1.807) is 6.20 Å². The van der Waals surface area contributed by atoms with Crippen LogP contribution in [0.4, 0.5) is 0 Å². The Balaban J connectivity index is 1.65. The summed E-state index contributed by atoms with van der Waals surface area (Å²) in [6.07, 6.45) is 4.97. The van der Waals surface area contributed by atoms with Crippen molar-refractivity contribution in [3.05, 3.63) is 11.8 Å². The third-order valence-electron chi connectivity index (χ3n) is 4.12. The van der Waals surface area contributed by atoms with Gasteiger partial charge in [0.25, 0.3) is 10.0 Å². The van der Waals surface area contributed by atoms with Crippen LogP contribution in [0.15, 0.2) is 11.2 Å². The van der Waals surface area contributed by atoms with E-state index in [4.69, 9.17) is 0 Å². The number of nitrogens with one attached hydrogen (secondary N) is 3. The SMILES string of the molecule is CCNCc1cn[nH]c1S(=O)(=O)NC1CCN(C2CC2)C1. The molecule has 0 radical (unpaired) electrons. The number of hydrogen-bond acceptors (Lipinski definition) is 5. The summed E-state index contributed by atoms with van der Waals surface area (Å²) in [6, 6.07) is 0.696. The number of sulfonamides is 1. The van der Waals surface area contributed by atoms with Crippen LogP contribution < -0.4 is 10.0 Å². The molecule has 0 aromatic carbocycles. The van der Waals surface area contributed by atoms with Crippen molar-refractivity contribution in [3.63, 3.8) is 0 Å². The van der Waals surface area contributed by atoms with Gasteiger partial charge in [0.15, 0.2) is 5.03 Å². The zero-order valence-corrected chi connectivity index (χ0v) is 13.1. The molecule has 1 unspecified atom stereocenters. The van der Waals surface area contributed by atoms with Gasteiger partial charge in [-0.05, 0) is 25.8 Å². The van der Waals surface area contributed by atoms with Crippen molar-refractivity contribution in [3.8, 4) is 0 Å². The lowest BCUT2D eigenvalue weighted by atomic mass is 10.3. The fourth-order valence-electron chi connectivity index (χ4n) is 2.85. The molecule has 1 aromatic heterocycles. The van der Waals surface area contributed by atoms with Gasteiger partial charge in [-0.3, -0.25) is 10.00 Å². The molecular weight excluding hydrogens is 290 g/mol. The molecule has 118 valence electrons. The maximum atomic E-state index is 12.5. The predicted molar refractivity (Wildman–Crippen MR) is 79.3 cm³/mol. The molecule has 2 aliphatic rings. The molecule has 0 bridgehead atoms. The maximum Gasteiger partial charge on any atom is 0.258 e. The minimum atomic E-state index is -3.52. The van der Waals surface area contributed by atoms with Crippen molar-refractivity contribution in [2.75, 3.05) is 19.6 Å². The van der Waals surface area contributed by atoms with E-state index in [2.05, 4.69) is 25.1 Å². The quantitative estimate of drug-likeness (QED) is 0.661. The van der Waals surface area contributed by atoms with E-state index >= 15 is 0 Å². The van der Waals surface area contributed by atoms with E-state index < -0.39 is 10.0 Å². The smallest absolute Gasteiger partial charge is 0.258 e. The Bertz CT molecular complexity index is 581. The highest BCUT2D eigenvalue weighted by atomic mass is 32.2. The van der Waals surface area contributed by atoms with E-state index in [-0.39, 0.29) is 11.1 Å². The summed E-state index contributed by atoms with van der Waals surface area (Å²) in [5, 5.41) is 9.81. The molecule has 1 aliphatic carbocycles. The van der Waals surface area contributed by atoms with E-state index in [0.717, 1.165) is 26.1 Å². The average molecular weight is 313 g/mol. The molecule has 2 fully saturated rings. The standard InChI is InChI=1S/C13H23N5O2S/c1-2-14-7-10-8-15-16-13(10)21(19,20)17-11-5-6-18(9-11)12-3-4-12/h8,11-12,14,17H,2-7,9H2,1H3,(H,15,16). The molecule has 1 aliphatic heterocycles. The van der Waals surface area contributed by atoms with Crippen LogP contribution in [-0.4, -0.2) is 55.2 Å². The summed E-state index contributed by atoms with van der Waals surface area (Å²) in [5.41, 5.74) is 0.682. The highest BCUT2D eigenvalue weighted by Gasteiger charge is 2.36. The van der Waals surface area contributed by atoms with E-state index in [9.17, 15) is 8.42 Å². The van der Waals surface area contributed by atoms with E-state index in [0.29, 0.717) is 18.2 Å². The number of likely N-dealkylation sites (tertiary alicyclic amines) is 1. The summed E-state index contributed by atoms with van der Waals surface area (Å²) in [4.78, 5) is 2.39. The van der Waals surface area contributed by atoms with Gasteiger partial charge in [-0.1, -0.05) is 6.92 Å². The van der Waals surface area contributed by atoms with E-state index in [1.165, 1.54) is 12.8 Å². The fourth-order valence-corrected chi connectivity index (χ4v) is 4.24. The minimum Gasteiger partial charge on any atom is -0.313 e. The molecule has 1 saturated heterocycles. The largest absolute Gasteiger partial charge is 0.313 e. The highest BCUT2D eigenvalue weighted by molar-refractivity contribution is 7.89. The van der Waals surface area contributed by atoms with Gasteiger partial charge in [0.2, 0.25) is 0 Å². The van der Waals surface area contributed by atoms with Crippen LogP contribution in [0.1, 0.15) is 31.7 Å². The minimum absolute atomic E-state index is 0.00545. The fraction of sp³-hybridized carbons (Fsp3) is 0.769. The lowest BCUT2D eigenvalue weighted by molar-refractivity contribution is 0.322. The summed E-state index contributed by atoms with van der Waals surface area (Å²) in [6.45, 7) is 5.09. The van der Waals surface area contributed by atoms with Crippen LogP contribution in [0, 0.1) is 0 Å². The molecule has 1 atom stereocenters. The van der Waals surface area contributed by atoms with Gasteiger partial charge in [0.1, 0.15) is 0 Å². The van der Waals surface area contributed by atoms with Crippen molar-refractivity contribution >= 4 is 10.0 Å². The zero-order valence-electron chi connectivity index (χ0n) is 12.3. The lowest BCUT2D eigenvalue weighted by Gasteiger charge is -2.16. The number of aromatic nitrogens is 2. The van der Waals surface area contributed by atoms with Crippen molar-refractivity contribution in [1.29, 1.82) is 0 Å². The Morgan fingerprint density at radius 3 is 2.95 bits per heavy atom. The zero-order chi connectivity index (χ0) is 14.9. The Kier molecular flexibility index (Phi) is 4.30. The van der Waals surface area contributed by atoms with Crippen LogP contribution >= 0.6 is 0 Å². The molecule has 7 nitrogen and oxygen atoms in total. The predicted octanol–water partition coefficient (Wildman–Crippen LogP) is 0.0342. The van der Waals surface area contributed by atoms with E-state index in [1.807, 2.05) is 6.92 Å². The molecular formula is C13H23N5O2S. The number of hydrogen-bond donors (Lipinski definition) is 3. The molecule has 2 heterocycles. The summed E-state index contributed by atoms with van der Waals surface area (Å²) in [5.74, 6) is 0. The van der Waals surface area contributed by atoms with Gasteiger partial charge in [-0.25, -0.2) is 13.1 Å². The average Bonchev–Trinajstić information content (AvgIpc) is 3.00. The van der Waals surface area contributed by atoms with Crippen LogP contribution in [0.5, 0.6) is 0 Å². The van der Waals surface area contributed by atoms with Crippen LogP contribution in [-0.2, 0) is 16.6 Å². The summed E-state index contributed by atoms with van der Waals surface area (Å²) >= 11 is 0. The van der Waals surface area contributed by atoms with Gasteiger partial charge < -0.3 is 5.32 Å². The van der Waals surface area contributed by atoms with Gasteiger partial charge in [-0.15, -0.1) is 0 Å². The van der Waals surface area contributed by atoms with Crippen molar-refractivity contribution < 1.29 is 8.42 Å². The normalized spacial score (nSPS) is 23.8. The first-order chi connectivity index (χ1) is 10.1. The molecule has 21 heavy (non-hydrogen) atoms. The first-order valence-electron chi connectivity index (χ1n) is 7.59. The number of nitrogens with zero attached hydrogens (tertiary/aromatic N) is 2. The highest BCUT2D eigenvalue weighted by Crippen LogP contribution is 2.30. The first-order valence-corrected chi connectivity index (χ1v) is 9.08. The third kappa shape index (κ3) is 3.45. The van der Waals surface area contributed by atoms with Crippen molar-refractivity contribution in [2.45, 2.75) is 49.8 Å².